The zero-order valence-electron chi connectivity index (χ0n) is 21.4. The molecule has 0 spiro atoms. The zero-order valence-corrected chi connectivity index (χ0v) is 23.7. The lowest BCUT2D eigenvalue weighted by molar-refractivity contribution is -0.139. The van der Waals surface area contributed by atoms with Crippen molar-refractivity contribution in [2.45, 2.75) is 51.4 Å². The topological polar surface area (TPSA) is 49.4 Å². The van der Waals surface area contributed by atoms with Gasteiger partial charge < -0.3 is 10.2 Å². The first-order valence-corrected chi connectivity index (χ1v) is 14.5. The fourth-order valence-electron chi connectivity index (χ4n) is 3.92. The molecule has 0 saturated heterocycles. The number of hydrogen-bond acceptors (Lipinski definition) is 3. The van der Waals surface area contributed by atoms with Gasteiger partial charge in [0.25, 0.3) is 0 Å². The molecule has 0 aromatic heterocycles. The van der Waals surface area contributed by atoms with E-state index >= 15 is 0 Å². The van der Waals surface area contributed by atoms with Crippen LogP contribution in [0.2, 0.25) is 10.0 Å². The summed E-state index contributed by atoms with van der Waals surface area (Å²) in [7, 11) is 0. The van der Waals surface area contributed by atoms with Gasteiger partial charge in [-0.15, -0.1) is 11.8 Å². The average Bonchev–Trinajstić information content (AvgIpc) is 2.89. The number of nitrogens with one attached hydrogen (secondary N) is 1. The predicted molar refractivity (Wildman–Crippen MR) is 156 cm³/mol. The number of thioether (sulfide) groups is 1. The van der Waals surface area contributed by atoms with Gasteiger partial charge in [-0.05, 0) is 42.2 Å². The summed E-state index contributed by atoms with van der Waals surface area (Å²) in [5.41, 5.74) is 4.11. The number of aryl methyl sites for hydroxylation is 1. The molecular formula is C30H34Cl2N2O2S. The highest BCUT2D eigenvalue weighted by molar-refractivity contribution is 7.99. The highest BCUT2D eigenvalue weighted by Gasteiger charge is 2.30. The largest absolute Gasteiger partial charge is 0.354 e. The van der Waals surface area contributed by atoms with Crippen LogP contribution in [0.1, 0.15) is 42.0 Å². The molecule has 3 aromatic carbocycles. The second kappa shape index (κ2) is 15.1. The monoisotopic (exact) mass is 556 g/mol. The summed E-state index contributed by atoms with van der Waals surface area (Å²) in [6, 6.07) is 22.7. The molecule has 1 atom stereocenters. The van der Waals surface area contributed by atoms with E-state index in [1.165, 1.54) is 5.56 Å². The first-order chi connectivity index (χ1) is 17.9. The normalized spacial score (nSPS) is 11.7. The van der Waals surface area contributed by atoms with Crippen LogP contribution >= 0.6 is 35.0 Å². The third kappa shape index (κ3) is 9.41. The van der Waals surface area contributed by atoms with E-state index in [1.807, 2.05) is 36.4 Å². The van der Waals surface area contributed by atoms with Gasteiger partial charge in [-0.25, -0.2) is 0 Å². The van der Waals surface area contributed by atoms with E-state index in [1.54, 1.807) is 28.8 Å². The van der Waals surface area contributed by atoms with E-state index in [2.05, 4.69) is 43.4 Å². The van der Waals surface area contributed by atoms with Crippen molar-refractivity contribution in [1.29, 1.82) is 0 Å². The molecule has 0 bridgehead atoms. The van der Waals surface area contributed by atoms with Gasteiger partial charge in [0.15, 0.2) is 0 Å². The number of rotatable bonds is 13. The number of halogens is 2. The van der Waals surface area contributed by atoms with Crippen molar-refractivity contribution in [3.05, 3.63) is 105 Å². The van der Waals surface area contributed by atoms with Gasteiger partial charge in [-0.1, -0.05) is 103 Å². The number of benzene rings is 3. The molecule has 196 valence electrons. The lowest BCUT2D eigenvalue weighted by Gasteiger charge is -2.32. The molecule has 0 radical (unpaired) electrons. The van der Waals surface area contributed by atoms with E-state index in [0.29, 0.717) is 28.8 Å². The third-order valence-corrected chi connectivity index (χ3v) is 7.65. The number of unbranched alkanes of at least 4 members (excludes halogenated alkanes) is 1. The zero-order chi connectivity index (χ0) is 26.6. The molecule has 0 aliphatic carbocycles. The SMILES string of the molecule is CCCCNC(=O)C(Cc1ccccc1)N(Cc1ccc(Cl)cc1Cl)C(=O)CSCc1ccc(C)cc1. The number of carbonyl (C=O) groups excluding carboxylic acids is 2. The second-order valence-corrected chi connectivity index (χ2v) is 10.9. The Morgan fingerprint density at radius 2 is 1.70 bits per heavy atom. The Hall–Kier alpha value is -2.47. The van der Waals surface area contributed by atoms with Crippen LogP contribution in [0.4, 0.5) is 0 Å². The molecule has 1 unspecified atom stereocenters. The summed E-state index contributed by atoms with van der Waals surface area (Å²) in [5.74, 6) is 0.717. The Balaban J connectivity index is 1.85. The van der Waals surface area contributed by atoms with Crippen molar-refractivity contribution in [3.63, 3.8) is 0 Å². The Bertz CT molecular complexity index is 1160. The van der Waals surface area contributed by atoms with Crippen LogP contribution in [0.25, 0.3) is 0 Å². The minimum atomic E-state index is -0.668. The van der Waals surface area contributed by atoms with E-state index in [4.69, 9.17) is 23.2 Å². The summed E-state index contributed by atoms with van der Waals surface area (Å²) in [5, 5.41) is 4.04. The van der Waals surface area contributed by atoms with E-state index < -0.39 is 6.04 Å². The number of carbonyl (C=O) groups is 2. The lowest BCUT2D eigenvalue weighted by atomic mass is 10.0. The van der Waals surface area contributed by atoms with Crippen molar-refractivity contribution in [2.75, 3.05) is 12.3 Å². The summed E-state index contributed by atoms with van der Waals surface area (Å²) in [6.07, 6.45) is 2.27. The van der Waals surface area contributed by atoms with Gasteiger partial charge in [0, 0.05) is 35.3 Å². The van der Waals surface area contributed by atoms with E-state index in [0.717, 1.165) is 29.5 Å². The van der Waals surface area contributed by atoms with Gasteiger partial charge in [-0.3, -0.25) is 9.59 Å². The number of amides is 2. The maximum Gasteiger partial charge on any atom is 0.243 e. The van der Waals surface area contributed by atoms with Gasteiger partial charge in [0.05, 0.1) is 5.75 Å². The lowest BCUT2D eigenvalue weighted by Crippen LogP contribution is -2.51. The minimum Gasteiger partial charge on any atom is -0.354 e. The Morgan fingerprint density at radius 3 is 2.38 bits per heavy atom. The van der Waals surface area contributed by atoms with Crippen molar-refractivity contribution in [3.8, 4) is 0 Å². The molecule has 0 aliphatic heterocycles. The molecule has 3 aromatic rings. The van der Waals surface area contributed by atoms with Crippen LogP contribution in [-0.4, -0.2) is 35.1 Å². The highest BCUT2D eigenvalue weighted by atomic mass is 35.5. The molecule has 3 rings (SSSR count). The van der Waals surface area contributed by atoms with Crippen LogP contribution < -0.4 is 5.32 Å². The number of nitrogens with zero attached hydrogens (tertiary/aromatic N) is 1. The summed E-state index contributed by atoms with van der Waals surface area (Å²) >= 11 is 14.2. The fourth-order valence-corrected chi connectivity index (χ4v) is 5.26. The quantitative estimate of drug-likeness (QED) is 0.228. The highest BCUT2D eigenvalue weighted by Crippen LogP contribution is 2.25. The smallest absolute Gasteiger partial charge is 0.243 e. The van der Waals surface area contributed by atoms with Crippen molar-refractivity contribution in [1.82, 2.24) is 10.2 Å². The second-order valence-electron chi connectivity index (χ2n) is 9.09. The molecule has 0 saturated carbocycles. The van der Waals surface area contributed by atoms with Gasteiger partial charge in [-0.2, -0.15) is 0 Å². The standard InChI is InChI=1S/C30H34Cl2N2O2S/c1-3-4-16-33-30(36)28(17-23-8-6-5-7-9-23)34(19-25-14-15-26(31)18-27(25)32)29(35)21-37-20-24-12-10-22(2)11-13-24/h5-15,18,28H,3-4,16-17,19-21H2,1-2H3,(H,33,36). The van der Waals surface area contributed by atoms with Crippen LogP contribution in [-0.2, 0) is 28.3 Å². The van der Waals surface area contributed by atoms with Crippen molar-refractivity contribution < 1.29 is 9.59 Å². The summed E-state index contributed by atoms with van der Waals surface area (Å²) in [6.45, 7) is 4.93. The van der Waals surface area contributed by atoms with Crippen LogP contribution in [0.3, 0.4) is 0 Å². The van der Waals surface area contributed by atoms with Crippen molar-refractivity contribution >= 4 is 46.8 Å². The van der Waals surface area contributed by atoms with E-state index in [-0.39, 0.29) is 24.1 Å². The molecule has 2 amide bonds. The molecule has 1 N–H and O–H groups in total. The molecule has 0 aliphatic rings. The maximum absolute atomic E-state index is 13.7. The Labute approximate surface area is 234 Å². The van der Waals surface area contributed by atoms with Crippen molar-refractivity contribution in [2.24, 2.45) is 0 Å². The minimum absolute atomic E-state index is 0.102. The fraction of sp³-hybridized carbons (Fsp3) is 0.333. The van der Waals surface area contributed by atoms with Crippen LogP contribution in [0.5, 0.6) is 0 Å². The van der Waals surface area contributed by atoms with Gasteiger partial charge in [0.2, 0.25) is 11.8 Å². The molecule has 7 heteroatoms. The molecule has 4 nitrogen and oxygen atoms in total. The van der Waals surface area contributed by atoms with E-state index in [9.17, 15) is 9.59 Å². The van der Waals surface area contributed by atoms with Gasteiger partial charge in [0.1, 0.15) is 6.04 Å². The Morgan fingerprint density at radius 1 is 0.973 bits per heavy atom. The van der Waals surface area contributed by atoms with Crippen LogP contribution in [0.15, 0.2) is 72.8 Å². The molecule has 0 fully saturated rings. The maximum atomic E-state index is 13.7. The first-order valence-electron chi connectivity index (χ1n) is 12.6. The molecule has 37 heavy (non-hydrogen) atoms. The predicted octanol–water partition coefficient (Wildman–Crippen LogP) is 7.09. The average molecular weight is 558 g/mol. The van der Waals surface area contributed by atoms with Crippen LogP contribution in [0, 0.1) is 6.92 Å². The number of hydrogen-bond donors (Lipinski definition) is 1. The molecule has 0 heterocycles. The van der Waals surface area contributed by atoms with Gasteiger partial charge >= 0.3 is 0 Å². The third-order valence-electron chi connectivity index (χ3n) is 6.07. The molecular weight excluding hydrogens is 523 g/mol. The Kier molecular flexibility index (Phi) is 11.8. The summed E-state index contributed by atoms with van der Waals surface area (Å²) < 4.78 is 0. The first kappa shape index (κ1) is 29.1. The summed E-state index contributed by atoms with van der Waals surface area (Å²) in [4.78, 5) is 28.8.